The van der Waals surface area contributed by atoms with Gasteiger partial charge in [0.2, 0.25) is 0 Å². The van der Waals surface area contributed by atoms with Gasteiger partial charge in [-0.1, -0.05) is 36.4 Å². The molecule has 2 heterocycles. The largest absolute Gasteiger partial charge is 0.497 e. The Morgan fingerprint density at radius 3 is 1.36 bits per heavy atom. The van der Waals surface area contributed by atoms with Crippen LogP contribution in [0.5, 0.6) is 11.5 Å². The first-order valence-corrected chi connectivity index (χ1v) is 9.46. The third kappa shape index (κ3) is 3.26. The molecule has 3 aromatic rings. The van der Waals surface area contributed by atoms with Crippen LogP contribution in [0.1, 0.15) is 23.3 Å². The van der Waals surface area contributed by atoms with Gasteiger partial charge in [-0.25, -0.2) is 0 Å². The number of ether oxygens (including phenoxy) is 4. The maximum absolute atomic E-state index is 5.54. The van der Waals surface area contributed by atoms with Crippen LogP contribution in [-0.2, 0) is 9.47 Å². The molecule has 4 nitrogen and oxygen atoms in total. The van der Waals surface area contributed by atoms with Crippen molar-refractivity contribution in [3.63, 3.8) is 0 Å². The third-order valence-corrected chi connectivity index (χ3v) is 5.38. The van der Waals surface area contributed by atoms with Gasteiger partial charge in [0.25, 0.3) is 0 Å². The van der Waals surface area contributed by atoms with E-state index in [0.717, 1.165) is 24.7 Å². The molecule has 142 valence electrons. The van der Waals surface area contributed by atoms with Gasteiger partial charge in [-0.15, -0.1) is 0 Å². The van der Waals surface area contributed by atoms with E-state index in [2.05, 4.69) is 48.5 Å². The number of epoxide rings is 2. The van der Waals surface area contributed by atoms with Crippen LogP contribution < -0.4 is 9.47 Å². The number of rotatable bonds is 6. The van der Waals surface area contributed by atoms with Gasteiger partial charge >= 0.3 is 0 Å². The van der Waals surface area contributed by atoms with Crippen LogP contribution in [0.3, 0.4) is 0 Å². The van der Waals surface area contributed by atoms with Crippen molar-refractivity contribution in [2.24, 2.45) is 0 Å². The lowest BCUT2D eigenvalue weighted by Crippen LogP contribution is -1.93. The molecule has 2 aliphatic heterocycles. The lowest BCUT2D eigenvalue weighted by molar-refractivity contribution is 0.405. The average Bonchev–Trinajstić information content (AvgIpc) is 3.66. The summed E-state index contributed by atoms with van der Waals surface area (Å²) in [6, 6.07) is 21.1. The van der Waals surface area contributed by atoms with Crippen LogP contribution in [0.15, 0.2) is 60.7 Å². The molecular weight excluding hydrogens is 352 g/mol. The molecular formula is C24H22O4. The zero-order valence-electron chi connectivity index (χ0n) is 16.0. The average molecular weight is 374 g/mol. The Balaban J connectivity index is 1.51. The van der Waals surface area contributed by atoms with Crippen LogP contribution in [0.4, 0.5) is 0 Å². The van der Waals surface area contributed by atoms with Crippen molar-refractivity contribution in [1.29, 1.82) is 0 Å². The molecule has 2 aliphatic rings. The van der Waals surface area contributed by atoms with Gasteiger partial charge < -0.3 is 18.9 Å². The summed E-state index contributed by atoms with van der Waals surface area (Å²) in [5, 5.41) is 0. The summed E-state index contributed by atoms with van der Waals surface area (Å²) in [4.78, 5) is 0. The highest BCUT2D eigenvalue weighted by molar-refractivity contribution is 5.75. The Morgan fingerprint density at radius 2 is 1.04 bits per heavy atom. The zero-order chi connectivity index (χ0) is 19.1. The van der Waals surface area contributed by atoms with Crippen LogP contribution >= 0.6 is 0 Å². The summed E-state index contributed by atoms with van der Waals surface area (Å²) in [6.45, 7) is 1.55. The molecule has 4 heteroatoms. The second-order valence-electron chi connectivity index (χ2n) is 7.13. The van der Waals surface area contributed by atoms with E-state index in [9.17, 15) is 0 Å². The highest BCUT2D eigenvalue weighted by atomic mass is 16.6. The number of hydrogen-bond donors (Lipinski definition) is 0. The lowest BCUT2D eigenvalue weighted by atomic mass is 9.93. The molecule has 0 aliphatic carbocycles. The quantitative estimate of drug-likeness (QED) is 0.558. The molecule has 0 bridgehead atoms. The molecule has 0 radical (unpaired) electrons. The minimum Gasteiger partial charge on any atom is -0.497 e. The molecule has 5 rings (SSSR count). The summed E-state index contributed by atoms with van der Waals surface area (Å²) in [5.74, 6) is 1.72. The van der Waals surface area contributed by atoms with Gasteiger partial charge in [0.05, 0.1) is 27.4 Å². The number of benzene rings is 3. The van der Waals surface area contributed by atoms with Crippen molar-refractivity contribution in [2.45, 2.75) is 12.2 Å². The molecule has 2 unspecified atom stereocenters. The van der Waals surface area contributed by atoms with Crippen LogP contribution in [-0.4, -0.2) is 27.4 Å². The third-order valence-electron chi connectivity index (χ3n) is 5.38. The molecule has 0 aromatic heterocycles. The van der Waals surface area contributed by atoms with Gasteiger partial charge in [-0.2, -0.15) is 0 Å². The summed E-state index contributed by atoms with van der Waals surface area (Å²) >= 11 is 0. The Hall–Kier alpha value is -2.82. The Kier molecular flexibility index (Phi) is 4.30. The normalized spacial score (nSPS) is 19.9. The number of methoxy groups -OCH3 is 2. The van der Waals surface area contributed by atoms with E-state index in [-0.39, 0.29) is 12.2 Å². The fourth-order valence-electron chi connectivity index (χ4n) is 3.68. The number of hydrogen-bond acceptors (Lipinski definition) is 4. The van der Waals surface area contributed by atoms with Gasteiger partial charge in [0.1, 0.15) is 23.7 Å². The molecule has 2 fully saturated rings. The molecule has 0 amide bonds. The van der Waals surface area contributed by atoms with Crippen molar-refractivity contribution in [2.75, 3.05) is 27.4 Å². The highest BCUT2D eigenvalue weighted by Crippen LogP contribution is 2.41. The zero-order valence-corrected chi connectivity index (χ0v) is 16.0. The summed E-state index contributed by atoms with van der Waals surface area (Å²) in [5.41, 5.74) is 7.10. The van der Waals surface area contributed by atoms with Crippen molar-refractivity contribution >= 4 is 0 Å². The fourth-order valence-corrected chi connectivity index (χ4v) is 3.68. The second kappa shape index (κ2) is 6.97. The predicted octanol–water partition coefficient (Wildman–Crippen LogP) is 5.18. The molecule has 2 saturated heterocycles. The topological polar surface area (TPSA) is 43.5 Å². The Bertz CT molecular complexity index is 919. The van der Waals surface area contributed by atoms with Gasteiger partial charge in [-0.05, 0) is 57.6 Å². The molecule has 2 atom stereocenters. The van der Waals surface area contributed by atoms with E-state index >= 15 is 0 Å². The van der Waals surface area contributed by atoms with E-state index < -0.39 is 0 Å². The first-order chi connectivity index (χ1) is 13.8. The van der Waals surface area contributed by atoms with Crippen LogP contribution in [0.25, 0.3) is 22.3 Å². The maximum atomic E-state index is 5.54. The van der Waals surface area contributed by atoms with Gasteiger partial charge in [0.15, 0.2) is 0 Å². The monoisotopic (exact) mass is 374 g/mol. The first kappa shape index (κ1) is 17.3. The van der Waals surface area contributed by atoms with Gasteiger partial charge in [-0.3, -0.25) is 0 Å². The predicted molar refractivity (Wildman–Crippen MR) is 108 cm³/mol. The second-order valence-corrected chi connectivity index (χ2v) is 7.13. The molecule has 28 heavy (non-hydrogen) atoms. The minimum atomic E-state index is 0.171. The van der Waals surface area contributed by atoms with Crippen molar-refractivity contribution < 1.29 is 18.9 Å². The molecule has 0 saturated carbocycles. The minimum absolute atomic E-state index is 0.171. The van der Waals surface area contributed by atoms with Crippen LogP contribution in [0, 0.1) is 0 Å². The molecule has 3 aromatic carbocycles. The smallest absolute Gasteiger partial charge is 0.119 e. The van der Waals surface area contributed by atoms with E-state index in [1.807, 2.05) is 12.1 Å². The summed E-state index contributed by atoms with van der Waals surface area (Å²) < 4.78 is 21.8. The van der Waals surface area contributed by atoms with Crippen molar-refractivity contribution in [3.8, 4) is 33.8 Å². The fraction of sp³-hybridized carbons (Fsp3) is 0.250. The lowest BCUT2D eigenvalue weighted by Gasteiger charge is -2.13. The Labute approximate surface area is 164 Å². The Morgan fingerprint density at radius 1 is 0.643 bits per heavy atom. The SMILES string of the molecule is COc1ccc(-c2ccc(-c3ccc(OC)cc3C3CO3)cc2)c(C2CO2)c1. The standard InChI is InChI=1S/C24H22O4/c1-25-17-7-9-19(21(11-17)23-13-27-23)15-3-5-16(6-4-15)20-10-8-18(26-2)12-22(20)24-14-28-24/h3-12,23-24H,13-14H2,1-2H3. The van der Waals surface area contributed by atoms with Crippen molar-refractivity contribution in [3.05, 3.63) is 71.8 Å². The van der Waals surface area contributed by atoms with Crippen molar-refractivity contribution in [1.82, 2.24) is 0 Å². The van der Waals surface area contributed by atoms with E-state index in [1.165, 1.54) is 33.4 Å². The summed E-state index contributed by atoms with van der Waals surface area (Å²) in [6.07, 6.45) is 0.343. The molecule has 0 N–H and O–H groups in total. The maximum Gasteiger partial charge on any atom is 0.119 e. The van der Waals surface area contributed by atoms with E-state index in [4.69, 9.17) is 18.9 Å². The van der Waals surface area contributed by atoms with Crippen LogP contribution in [0.2, 0.25) is 0 Å². The highest BCUT2D eigenvalue weighted by Gasteiger charge is 2.29. The van der Waals surface area contributed by atoms with E-state index in [0.29, 0.717) is 0 Å². The molecule has 0 spiro atoms. The summed E-state index contributed by atoms with van der Waals surface area (Å²) in [7, 11) is 3.38. The van der Waals surface area contributed by atoms with E-state index in [1.54, 1.807) is 14.2 Å². The first-order valence-electron chi connectivity index (χ1n) is 9.46. The van der Waals surface area contributed by atoms with Gasteiger partial charge in [0, 0.05) is 0 Å².